The highest BCUT2D eigenvalue weighted by atomic mass is 79.9. The Hall–Kier alpha value is -0.0500. The molecule has 0 radical (unpaired) electrons. The molecular weight excluding hydrogens is 254 g/mol. The Morgan fingerprint density at radius 1 is 1.47 bits per heavy atom. The number of unbranched alkanes of at least 4 members (excludes halogenated alkanes) is 2. The van der Waals surface area contributed by atoms with E-state index in [0.29, 0.717) is 5.91 Å². The van der Waals surface area contributed by atoms with Gasteiger partial charge in [-0.05, 0) is 25.2 Å². The first-order chi connectivity index (χ1) is 7.27. The minimum Gasteiger partial charge on any atom is -0.342 e. The first kappa shape index (κ1) is 13.0. The zero-order valence-electron chi connectivity index (χ0n) is 9.67. The maximum Gasteiger partial charge on any atom is 0.222 e. The first-order valence-electron chi connectivity index (χ1n) is 6.11. The minimum absolute atomic E-state index is 0.375. The van der Waals surface area contributed by atoms with Gasteiger partial charge in [-0.3, -0.25) is 4.79 Å². The molecule has 1 aliphatic rings. The highest BCUT2D eigenvalue weighted by molar-refractivity contribution is 9.09. The third kappa shape index (κ3) is 4.54. The molecule has 1 atom stereocenters. The number of nitrogens with zero attached hydrogens (tertiary/aromatic N) is 1. The monoisotopic (exact) mass is 275 g/mol. The van der Waals surface area contributed by atoms with Gasteiger partial charge >= 0.3 is 0 Å². The Morgan fingerprint density at radius 2 is 2.27 bits per heavy atom. The second-order valence-electron chi connectivity index (χ2n) is 4.43. The summed E-state index contributed by atoms with van der Waals surface area (Å²) in [6.07, 6.45) is 6.61. The smallest absolute Gasteiger partial charge is 0.222 e. The zero-order valence-corrected chi connectivity index (χ0v) is 11.3. The number of hydrogen-bond donors (Lipinski definition) is 0. The van der Waals surface area contributed by atoms with E-state index in [1.807, 2.05) is 0 Å². The van der Waals surface area contributed by atoms with E-state index < -0.39 is 0 Å². The summed E-state index contributed by atoms with van der Waals surface area (Å²) >= 11 is 3.46. The predicted octanol–water partition coefficient (Wildman–Crippen LogP) is 3.20. The second kappa shape index (κ2) is 7.26. The highest BCUT2D eigenvalue weighted by Crippen LogP contribution is 2.21. The molecule has 2 nitrogen and oxygen atoms in total. The van der Waals surface area contributed by atoms with Crippen LogP contribution in [0.2, 0.25) is 0 Å². The van der Waals surface area contributed by atoms with Crippen molar-refractivity contribution in [2.24, 2.45) is 5.92 Å². The molecule has 3 heteroatoms. The summed E-state index contributed by atoms with van der Waals surface area (Å²) in [5, 5.41) is 1.07. The molecule has 1 aliphatic heterocycles. The van der Waals surface area contributed by atoms with Gasteiger partial charge in [0.2, 0.25) is 5.91 Å². The molecule has 0 aromatic heterocycles. The van der Waals surface area contributed by atoms with Gasteiger partial charge in [0, 0.05) is 24.8 Å². The summed E-state index contributed by atoms with van der Waals surface area (Å²) in [7, 11) is 0. The van der Waals surface area contributed by atoms with Crippen LogP contribution >= 0.6 is 15.9 Å². The van der Waals surface area contributed by atoms with E-state index >= 15 is 0 Å². The molecule has 1 amide bonds. The maximum absolute atomic E-state index is 11.8. The van der Waals surface area contributed by atoms with Crippen molar-refractivity contribution in [2.75, 3.05) is 18.4 Å². The van der Waals surface area contributed by atoms with Gasteiger partial charge in [0.05, 0.1) is 0 Å². The van der Waals surface area contributed by atoms with E-state index in [9.17, 15) is 4.79 Å². The molecule has 1 unspecified atom stereocenters. The summed E-state index contributed by atoms with van der Waals surface area (Å²) in [5.41, 5.74) is 0. The number of amides is 1. The third-order valence-electron chi connectivity index (χ3n) is 3.15. The number of carbonyl (C=O) groups excluding carboxylic acids is 1. The fourth-order valence-corrected chi connectivity index (χ4v) is 2.78. The van der Waals surface area contributed by atoms with Crippen LogP contribution in [0.4, 0.5) is 0 Å². The molecule has 0 bridgehead atoms. The Bertz CT molecular complexity index is 196. The van der Waals surface area contributed by atoms with Gasteiger partial charge in [0.25, 0.3) is 0 Å². The van der Waals surface area contributed by atoms with E-state index in [0.717, 1.165) is 37.2 Å². The Kier molecular flexibility index (Phi) is 6.30. The van der Waals surface area contributed by atoms with Gasteiger partial charge < -0.3 is 4.90 Å². The van der Waals surface area contributed by atoms with Crippen LogP contribution < -0.4 is 0 Å². The van der Waals surface area contributed by atoms with Gasteiger partial charge in [0.1, 0.15) is 0 Å². The molecule has 0 aromatic rings. The molecule has 15 heavy (non-hydrogen) atoms. The molecule has 1 heterocycles. The van der Waals surface area contributed by atoms with Crippen molar-refractivity contribution in [3.05, 3.63) is 0 Å². The van der Waals surface area contributed by atoms with E-state index in [-0.39, 0.29) is 0 Å². The molecule has 88 valence electrons. The van der Waals surface area contributed by atoms with Crippen molar-refractivity contribution in [2.45, 2.75) is 45.4 Å². The quantitative estimate of drug-likeness (QED) is 0.539. The van der Waals surface area contributed by atoms with Crippen LogP contribution in [0.5, 0.6) is 0 Å². The molecular formula is C12H22BrNO. The lowest BCUT2D eigenvalue weighted by atomic mass is 10.1. The summed E-state index contributed by atoms with van der Waals surface area (Å²) in [5.74, 6) is 1.11. The normalized spacial score (nSPS) is 20.9. The van der Waals surface area contributed by atoms with Crippen LogP contribution in [-0.2, 0) is 4.79 Å². The lowest BCUT2D eigenvalue weighted by Gasteiger charge is -2.16. The number of hydrogen-bond acceptors (Lipinski definition) is 1. The van der Waals surface area contributed by atoms with Crippen LogP contribution in [0.1, 0.15) is 45.4 Å². The summed E-state index contributed by atoms with van der Waals surface area (Å²) in [6.45, 7) is 4.16. The number of alkyl halides is 1. The first-order valence-corrected chi connectivity index (χ1v) is 7.23. The van der Waals surface area contributed by atoms with Crippen molar-refractivity contribution in [3.8, 4) is 0 Å². The van der Waals surface area contributed by atoms with Crippen LogP contribution in [-0.4, -0.2) is 29.2 Å². The fourth-order valence-electron chi connectivity index (χ4n) is 2.13. The van der Waals surface area contributed by atoms with Crippen LogP contribution in [0, 0.1) is 5.92 Å². The van der Waals surface area contributed by atoms with Gasteiger partial charge in [-0.25, -0.2) is 0 Å². The molecule has 0 N–H and O–H groups in total. The van der Waals surface area contributed by atoms with Gasteiger partial charge in [-0.2, -0.15) is 0 Å². The summed E-state index contributed by atoms with van der Waals surface area (Å²) in [6, 6.07) is 0. The molecule has 0 aromatic carbocycles. The SMILES string of the molecule is CCCCCC(=O)N1CCC(CCBr)C1. The summed E-state index contributed by atoms with van der Waals surface area (Å²) < 4.78 is 0. The van der Waals surface area contributed by atoms with E-state index in [1.165, 1.54) is 25.7 Å². The lowest BCUT2D eigenvalue weighted by Crippen LogP contribution is -2.28. The Morgan fingerprint density at radius 3 is 2.93 bits per heavy atom. The number of rotatable bonds is 6. The zero-order chi connectivity index (χ0) is 11.1. The number of likely N-dealkylation sites (tertiary alicyclic amines) is 1. The van der Waals surface area contributed by atoms with Gasteiger partial charge in [-0.15, -0.1) is 0 Å². The number of halogens is 1. The third-order valence-corrected chi connectivity index (χ3v) is 3.61. The topological polar surface area (TPSA) is 20.3 Å². The van der Waals surface area contributed by atoms with Crippen LogP contribution in [0.3, 0.4) is 0 Å². The largest absolute Gasteiger partial charge is 0.342 e. The Labute approximate surface area is 102 Å². The van der Waals surface area contributed by atoms with Crippen LogP contribution in [0.25, 0.3) is 0 Å². The van der Waals surface area contributed by atoms with Crippen molar-refractivity contribution in [1.82, 2.24) is 4.90 Å². The molecule has 0 aliphatic carbocycles. The van der Waals surface area contributed by atoms with E-state index in [2.05, 4.69) is 27.8 Å². The van der Waals surface area contributed by atoms with Crippen LogP contribution in [0.15, 0.2) is 0 Å². The second-order valence-corrected chi connectivity index (χ2v) is 5.22. The van der Waals surface area contributed by atoms with Crippen molar-refractivity contribution in [3.63, 3.8) is 0 Å². The molecule has 0 saturated carbocycles. The molecule has 1 fully saturated rings. The van der Waals surface area contributed by atoms with Crippen molar-refractivity contribution in [1.29, 1.82) is 0 Å². The van der Waals surface area contributed by atoms with E-state index in [1.54, 1.807) is 0 Å². The number of carbonyl (C=O) groups is 1. The van der Waals surface area contributed by atoms with Crippen molar-refractivity contribution >= 4 is 21.8 Å². The van der Waals surface area contributed by atoms with Gasteiger partial charge in [-0.1, -0.05) is 35.7 Å². The standard InChI is InChI=1S/C12H22BrNO/c1-2-3-4-5-12(15)14-9-7-11(10-14)6-8-13/h11H,2-10H2,1H3. The summed E-state index contributed by atoms with van der Waals surface area (Å²) in [4.78, 5) is 13.8. The minimum atomic E-state index is 0.375. The van der Waals surface area contributed by atoms with Gasteiger partial charge in [0.15, 0.2) is 0 Å². The lowest BCUT2D eigenvalue weighted by molar-refractivity contribution is -0.130. The van der Waals surface area contributed by atoms with E-state index in [4.69, 9.17) is 0 Å². The molecule has 1 rings (SSSR count). The highest BCUT2D eigenvalue weighted by Gasteiger charge is 2.24. The molecule has 0 spiro atoms. The average molecular weight is 276 g/mol. The maximum atomic E-state index is 11.8. The molecule has 1 saturated heterocycles. The average Bonchev–Trinajstić information content (AvgIpc) is 2.67. The predicted molar refractivity (Wildman–Crippen MR) is 67.2 cm³/mol. The fraction of sp³-hybridized carbons (Fsp3) is 0.917. The van der Waals surface area contributed by atoms with Crippen molar-refractivity contribution < 1.29 is 4.79 Å². The Balaban J connectivity index is 2.18.